The maximum absolute atomic E-state index is 3.75. The van der Waals surface area contributed by atoms with Crippen molar-refractivity contribution in [2.45, 2.75) is 38.8 Å². The molecule has 0 unspecified atom stereocenters. The molecule has 1 aliphatic rings. The Morgan fingerprint density at radius 2 is 1.10 bits per heavy atom. The van der Waals surface area contributed by atoms with Crippen molar-refractivity contribution in [1.29, 1.82) is 0 Å². The molecular formula is C6H18N2Si2. The summed E-state index contributed by atoms with van der Waals surface area (Å²) in [5.74, 6) is 0. The minimum Gasteiger partial charge on any atom is -0.341 e. The second-order valence-corrected chi connectivity index (χ2v) is 11.0. The van der Waals surface area contributed by atoms with Gasteiger partial charge in [-0.3, -0.25) is 0 Å². The van der Waals surface area contributed by atoms with Gasteiger partial charge in [0.15, 0.2) is 18.2 Å². The summed E-state index contributed by atoms with van der Waals surface area (Å²) in [5.41, 5.74) is 1.75. The molecule has 2 N–H and O–H groups in total. The normalized spacial score (nSPS) is 33.0. The van der Waals surface area contributed by atoms with E-state index < -0.39 is 18.2 Å². The van der Waals surface area contributed by atoms with Gasteiger partial charge in [0.2, 0.25) is 0 Å². The Labute approximate surface area is 66.9 Å². The Kier molecular flexibility index (Phi) is 2.68. The Morgan fingerprint density at radius 3 is 1.30 bits per heavy atom. The fraction of sp³-hybridized carbons (Fsp3) is 1.00. The number of rotatable bonds is 2. The van der Waals surface area contributed by atoms with E-state index in [1.165, 1.54) is 0 Å². The third-order valence-electron chi connectivity index (χ3n) is 2.05. The van der Waals surface area contributed by atoms with Crippen LogP contribution in [-0.2, 0) is 0 Å². The van der Waals surface area contributed by atoms with Gasteiger partial charge in [-0.25, -0.2) is 0 Å². The molecule has 0 spiro atoms. The highest BCUT2D eigenvalue weighted by atomic mass is 28.4. The predicted octanol–water partition coefficient (Wildman–Crippen LogP) is 0.440. The van der Waals surface area contributed by atoms with Gasteiger partial charge in [0, 0.05) is 0 Å². The smallest absolute Gasteiger partial charge is 0.175 e. The number of nitrogens with one attached hydrogen (secondary N) is 2. The summed E-state index contributed by atoms with van der Waals surface area (Å²) in [6, 6.07) is 0. The first kappa shape index (κ1) is 8.45. The Morgan fingerprint density at radius 1 is 0.800 bits per heavy atom. The summed E-state index contributed by atoms with van der Waals surface area (Å²) in [5, 5.41) is 0. The molecule has 4 heteroatoms. The van der Waals surface area contributed by atoms with Crippen molar-refractivity contribution in [3.8, 4) is 0 Å². The first-order valence-electron chi connectivity index (χ1n) is 4.13. The summed E-state index contributed by atoms with van der Waals surface area (Å²) in [7, 11) is -1.25. The summed E-state index contributed by atoms with van der Waals surface area (Å²) < 4.78 is 7.49. The van der Waals surface area contributed by atoms with E-state index in [4.69, 9.17) is 0 Å². The van der Waals surface area contributed by atoms with Crippen molar-refractivity contribution in [1.82, 2.24) is 9.30 Å². The van der Waals surface area contributed by atoms with Gasteiger partial charge in [0.1, 0.15) is 0 Å². The second-order valence-electron chi connectivity index (χ2n) is 3.78. The average Bonchev–Trinajstić information content (AvgIpc) is 1.56. The van der Waals surface area contributed by atoms with Crippen LogP contribution in [0.15, 0.2) is 0 Å². The molecule has 0 atom stereocenters. The molecule has 0 aromatic rings. The van der Waals surface area contributed by atoms with Gasteiger partial charge in [-0.1, -0.05) is 27.7 Å². The zero-order valence-electron chi connectivity index (χ0n) is 7.31. The Hall–Kier alpha value is 0.354. The number of hydrogen-bond donors (Lipinski definition) is 2. The monoisotopic (exact) mass is 174 g/mol. The van der Waals surface area contributed by atoms with Crippen molar-refractivity contribution in [2.75, 3.05) is 0 Å². The van der Waals surface area contributed by atoms with E-state index in [1.807, 2.05) is 0 Å². The highest BCUT2D eigenvalue weighted by molar-refractivity contribution is 6.88. The first-order chi connectivity index (χ1) is 4.61. The third kappa shape index (κ3) is 1.69. The molecule has 60 valence electrons. The summed E-state index contributed by atoms with van der Waals surface area (Å²) >= 11 is 0. The minimum atomic E-state index is -0.626. The van der Waals surface area contributed by atoms with E-state index in [0.29, 0.717) is 0 Å². The van der Waals surface area contributed by atoms with Crippen molar-refractivity contribution >= 4 is 18.2 Å². The molecule has 2 nitrogen and oxygen atoms in total. The molecule has 0 saturated carbocycles. The van der Waals surface area contributed by atoms with Gasteiger partial charge in [0.05, 0.1) is 0 Å². The van der Waals surface area contributed by atoms with E-state index in [9.17, 15) is 0 Å². The lowest BCUT2D eigenvalue weighted by Gasteiger charge is -2.41. The molecule has 10 heavy (non-hydrogen) atoms. The predicted molar refractivity (Wildman–Crippen MR) is 50.8 cm³/mol. The quantitative estimate of drug-likeness (QED) is 0.594. The molecule has 0 aliphatic carbocycles. The van der Waals surface area contributed by atoms with E-state index in [2.05, 4.69) is 37.0 Å². The van der Waals surface area contributed by atoms with Gasteiger partial charge in [0.25, 0.3) is 0 Å². The minimum absolute atomic E-state index is 0.626. The van der Waals surface area contributed by atoms with Gasteiger partial charge < -0.3 is 9.30 Å². The van der Waals surface area contributed by atoms with Gasteiger partial charge in [-0.15, -0.1) is 0 Å². The van der Waals surface area contributed by atoms with Gasteiger partial charge in [-0.05, 0) is 11.1 Å². The van der Waals surface area contributed by atoms with Gasteiger partial charge in [-0.2, -0.15) is 0 Å². The third-order valence-corrected chi connectivity index (χ3v) is 10.5. The van der Waals surface area contributed by atoms with Crippen LogP contribution in [0.4, 0.5) is 0 Å². The van der Waals surface area contributed by atoms with Crippen molar-refractivity contribution in [3.05, 3.63) is 0 Å². The molecule has 0 aromatic carbocycles. The Balaban J connectivity index is 2.18. The van der Waals surface area contributed by atoms with Crippen LogP contribution in [0.1, 0.15) is 27.7 Å². The highest BCUT2D eigenvalue weighted by Gasteiger charge is 2.33. The number of hydrogen-bond acceptors (Lipinski definition) is 2. The SMILES string of the molecule is CC(C)[SiH]1N[SiH](C(C)C)N1. The second kappa shape index (κ2) is 3.17. The van der Waals surface area contributed by atoms with E-state index in [1.54, 1.807) is 0 Å². The zero-order valence-corrected chi connectivity index (χ0v) is 9.62. The molecule has 1 fully saturated rings. The standard InChI is InChI=1S/C6H18N2Si2/c1-5(2)9-7-10(8-9)6(3)4/h5-10H,1-4H3. The van der Waals surface area contributed by atoms with Gasteiger partial charge >= 0.3 is 0 Å². The van der Waals surface area contributed by atoms with Crippen molar-refractivity contribution in [3.63, 3.8) is 0 Å². The zero-order chi connectivity index (χ0) is 7.72. The van der Waals surface area contributed by atoms with Crippen molar-refractivity contribution in [2.24, 2.45) is 0 Å². The van der Waals surface area contributed by atoms with E-state index in [-0.39, 0.29) is 0 Å². The molecule has 0 bridgehead atoms. The van der Waals surface area contributed by atoms with E-state index in [0.717, 1.165) is 11.1 Å². The molecule has 1 rings (SSSR count). The maximum Gasteiger partial charge on any atom is 0.175 e. The van der Waals surface area contributed by atoms with Crippen molar-refractivity contribution < 1.29 is 0 Å². The molecule has 1 heterocycles. The van der Waals surface area contributed by atoms with Crippen LogP contribution < -0.4 is 9.30 Å². The summed E-state index contributed by atoms with van der Waals surface area (Å²) in [4.78, 5) is 0. The fourth-order valence-corrected chi connectivity index (χ4v) is 10.4. The molecule has 0 aromatic heterocycles. The summed E-state index contributed by atoms with van der Waals surface area (Å²) in [6.07, 6.45) is 0. The van der Waals surface area contributed by atoms with E-state index >= 15 is 0 Å². The van der Waals surface area contributed by atoms with Crippen LogP contribution in [0.3, 0.4) is 0 Å². The Bertz CT molecular complexity index is 98.3. The topological polar surface area (TPSA) is 24.1 Å². The first-order valence-corrected chi connectivity index (χ1v) is 7.77. The summed E-state index contributed by atoms with van der Waals surface area (Å²) in [6.45, 7) is 9.23. The fourth-order valence-electron chi connectivity index (χ4n) is 1.16. The van der Waals surface area contributed by atoms with Crippen LogP contribution in [0.2, 0.25) is 11.1 Å². The molecule has 0 radical (unpaired) electrons. The van der Waals surface area contributed by atoms with Crippen LogP contribution in [0, 0.1) is 0 Å². The molecule has 0 amide bonds. The molecule has 1 saturated heterocycles. The maximum atomic E-state index is 3.75. The molecule has 1 aliphatic heterocycles. The average molecular weight is 174 g/mol. The highest BCUT2D eigenvalue weighted by Crippen LogP contribution is 2.14. The van der Waals surface area contributed by atoms with Crippen LogP contribution in [0.5, 0.6) is 0 Å². The largest absolute Gasteiger partial charge is 0.341 e. The van der Waals surface area contributed by atoms with Crippen LogP contribution in [0.25, 0.3) is 0 Å². The van der Waals surface area contributed by atoms with Crippen LogP contribution >= 0.6 is 0 Å². The lowest BCUT2D eigenvalue weighted by molar-refractivity contribution is 0.888. The lowest BCUT2D eigenvalue weighted by Crippen LogP contribution is -2.76. The lowest BCUT2D eigenvalue weighted by atomic mass is 10.6. The van der Waals surface area contributed by atoms with Crippen LogP contribution in [-0.4, -0.2) is 18.2 Å². The molecular weight excluding hydrogens is 156 g/mol.